The van der Waals surface area contributed by atoms with Crippen LogP contribution in [0.1, 0.15) is 39.5 Å². The fourth-order valence-corrected chi connectivity index (χ4v) is 3.44. The van der Waals surface area contributed by atoms with Crippen LogP contribution in [0, 0.1) is 35.5 Å². The maximum absolute atomic E-state index is 12.1. The number of carbonyl (C=O) groups is 1. The van der Waals surface area contributed by atoms with Crippen LogP contribution in [0.2, 0.25) is 0 Å². The van der Waals surface area contributed by atoms with E-state index >= 15 is 0 Å². The second-order valence-corrected chi connectivity index (χ2v) is 6.26. The molecule has 0 spiro atoms. The molecule has 2 unspecified atom stereocenters. The van der Waals surface area contributed by atoms with Crippen LogP contribution in [-0.4, -0.2) is 17.0 Å². The molecule has 2 fully saturated rings. The molecule has 5 atom stereocenters. The van der Waals surface area contributed by atoms with Crippen molar-refractivity contribution in [3.8, 4) is 11.8 Å². The van der Waals surface area contributed by atoms with Crippen LogP contribution in [0.4, 0.5) is 0 Å². The molecule has 0 aromatic carbocycles. The first kappa shape index (κ1) is 15.1. The molecule has 1 N–H and O–H groups in total. The van der Waals surface area contributed by atoms with Crippen LogP contribution in [-0.2, 0) is 4.79 Å². The molecule has 2 aliphatic carbocycles. The number of Topliss-reactive ketones (excluding diaryl/α,β-unsaturated/α-hetero) is 1. The number of fused-ring (bicyclic) bond motifs is 1. The van der Waals surface area contributed by atoms with E-state index in [1.165, 1.54) is 5.57 Å². The van der Waals surface area contributed by atoms with Gasteiger partial charge in [-0.3, -0.25) is 4.79 Å². The number of aliphatic hydroxyl groups is 1. The van der Waals surface area contributed by atoms with Crippen molar-refractivity contribution in [1.29, 1.82) is 0 Å². The minimum absolute atomic E-state index is 0.0154. The molecule has 20 heavy (non-hydrogen) atoms. The van der Waals surface area contributed by atoms with E-state index in [1.807, 2.05) is 13.0 Å². The van der Waals surface area contributed by atoms with Crippen molar-refractivity contribution in [1.82, 2.24) is 0 Å². The third-order valence-electron chi connectivity index (χ3n) is 4.68. The monoisotopic (exact) mass is 272 g/mol. The lowest BCUT2D eigenvalue weighted by Gasteiger charge is -2.16. The van der Waals surface area contributed by atoms with Gasteiger partial charge < -0.3 is 5.11 Å². The largest absolute Gasteiger partial charge is 0.389 e. The Hall–Kier alpha value is -1.33. The van der Waals surface area contributed by atoms with Crippen LogP contribution < -0.4 is 0 Å². The van der Waals surface area contributed by atoms with E-state index in [9.17, 15) is 9.90 Å². The summed E-state index contributed by atoms with van der Waals surface area (Å²) in [5, 5.41) is 10.1. The fraction of sp³-hybridized carbons (Fsp3) is 0.611. The third kappa shape index (κ3) is 3.22. The maximum atomic E-state index is 12.1. The zero-order valence-corrected chi connectivity index (χ0v) is 12.4. The topological polar surface area (TPSA) is 37.3 Å². The third-order valence-corrected chi connectivity index (χ3v) is 4.68. The molecular weight excluding hydrogens is 248 g/mol. The van der Waals surface area contributed by atoms with E-state index in [1.54, 1.807) is 13.0 Å². The average Bonchev–Trinajstić information content (AvgIpc) is 2.88. The molecule has 2 nitrogen and oxygen atoms in total. The molecule has 0 heterocycles. The predicted octanol–water partition coefficient (Wildman–Crippen LogP) is 3.12. The van der Waals surface area contributed by atoms with Gasteiger partial charge in [0.05, 0.1) is 6.10 Å². The molecule has 0 aromatic rings. The van der Waals surface area contributed by atoms with Crippen molar-refractivity contribution in [3.05, 3.63) is 24.3 Å². The number of ketones is 1. The van der Waals surface area contributed by atoms with Gasteiger partial charge in [-0.05, 0) is 37.5 Å². The Morgan fingerprint density at radius 2 is 2.20 bits per heavy atom. The minimum Gasteiger partial charge on any atom is -0.389 e. The van der Waals surface area contributed by atoms with Gasteiger partial charge in [0, 0.05) is 18.8 Å². The Morgan fingerprint density at radius 1 is 1.45 bits per heavy atom. The van der Waals surface area contributed by atoms with Crippen LogP contribution in [0.15, 0.2) is 24.3 Å². The SMILES string of the molecule is C=C1CC2CC(=O)[C@H](/C=C/[C@@H](O)C(C)CC#CC)[C@H]2C1. The minimum atomic E-state index is -0.521. The van der Waals surface area contributed by atoms with Crippen molar-refractivity contribution < 1.29 is 9.90 Å². The molecular formula is C18H24O2. The summed E-state index contributed by atoms with van der Waals surface area (Å²) in [6.07, 6.45) is 6.56. The highest BCUT2D eigenvalue weighted by Gasteiger charge is 2.44. The molecule has 0 saturated heterocycles. The first-order chi connectivity index (χ1) is 9.52. The second-order valence-electron chi connectivity index (χ2n) is 6.26. The van der Waals surface area contributed by atoms with Crippen LogP contribution >= 0.6 is 0 Å². The Bertz CT molecular complexity index is 477. The molecule has 0 radical (unpaired) electrons. The van der Waals surface area contributed by atoms with Gasteiger partial charge in [-0.15, -0.1) is 11.8 Å². The highest BCUT2D eigenvalue weighted by Crippen LogP contribution is 2.48. The van der Waals surface area contributed by atoms with Crippen molar-refractivity contribution in [3.63, 3.8) is 0 Å². The first-order valence-corrected chi connectivity index (χ1v) is 7.48. The highest BCUT2D eigenvalue weighted by atomic mass is 16.3. The average molecular weight is 272 g/mol. The van der Waals surface area contributed by atoms with Crippen molar-refractivity contribution in [2.45, 2.75) is 45.6 Å². The number of hydrogen-bond acceptors (Lipinski definition) is 2. The molecule has 0 aromatic heterocycles. The Labute approximate surface area is 122 Å². The molecule has 2 aliphatic rings. The summed E-state index contributed by atoms with van der Waals surface area (Å²) in [6.45, 7) is 7.84. The Morgan fingerprint density at radius 3 is 2.90 bits per heavy atom. The first-order valence-electron chi connectivity index (χ1n) is 7.48. The van der Waals surface area contributed by atoms with Crippen LogP contribution in [0.25, 0.3) is 0 Å². The molecule has 0 bridgehead atoms. The fourth-order valence-electron chi connectivity index (χ4n) is 3.44. The van der Waals surface area contributed by atoms with E-state index in [0.29, 0.717) is 30.5 Å². The van der Waals surface area contributed by atoms with Gasteiger partial charge in [0.15, 0.2) is 0 Å². The van der Waals surface area contributed by atoms with E-state index in [-0.39, 0.29) is 11.8 Å². The van der Waals surface area contributed by atoms with Gasteiger partial charge in [0.25, 0.3) is 0 Å². The lowest BCUT2D eigenvalue weighted by atomic mass is 9.90. The summed E-state index contributed by atoms with van der Waals surface area (Å²) in [4.78, 5) is 12.1. The molecule has 2 rings (SSSR count). The van der Waals surface area contributed by atoms with E-state index in [0.717, 1.165) is 12.8 Å². The Balaban J connectivity index is 1.97. The number of hydrogen-bond donors (Lipinski definition) is 1. The van der Waals surface area contributed by atoms with E-state index in [2.05, 4.69) is 18.4 Å². The summed E-state index contributed by atoms with van der Waals surface area (Å²) >= 11 is 0. The van der Waals surface area contributed by atoms with Gasteiger partial charge in [-0.25, -0.2) is 0 Å². The molecule has 0 amide bonds. The number of carbonyl (C=O) groups excluding carboxylic acids is 1. The normalized spacial score (nSPS) is 32.0. The zero-order valence-electron chi connectivity index (χ0n) is 12.4. The second kappa shape index (κ2) is 6.41. The van der Waals surface area contributed by atoms with Gasteiger partial charge in [0.2, 0.25) is 0 Å². The number of aliphatic hydroxyl groups excluding tert-OH is 1. The number of allylic oxidation sites excluding steroid dienone is 2. The van der Waals surface area contributed by atoms with Crippen molar-refractivity contribution in [2.75, 3.05) is 0 Å². The lowest BCUT2D eigenvalue weighted by Crippen LogP contribution is -2.17. The van der Waals surface area contributed by atoms with Crippen LogP contribution in [0.3, 0.4) is 0 Å². The number of rotatable bonds is 4. The standard InChI is InChI=1S/C18H24O2/c1-4-5-6-13(3)17(19)8-7-15-16-10-12(2)9-14(16)11-18(15)20/h7-8,13-17,19H,2,6,9-11H2,1,3H3/b8-7+/t13?,14?,15-,16+,17-/m1/s1. The lowest BCUT2D eigenvalue weighted by molar-refractivity contribution is -0.120. The molecule has 2 heteroatoms. The zero-order chi connectivity index (χ0) is 14.7. The smallest absolute Gasteiger partial charge is 0.140 e. The molecule has 0 aliphatic heterocycles. The van der Waals surface area contributed by atoms with Gasteiger partial charge in [-0.1, -0.05) is 31.2 Å². The quantitative estimate of drug-likeness (QED) is 0.630. The Kier molecular flexibility index (Phi) is 4.83. The summed E-state index contributed by atoms with van der Waals surface area (Å²) in [7, 11) is 0. The van der Waals surface area contributed by atoms with Gasteiger partial charge >= 0.3 is 0 Å². The summed E-state index contributed by atoms with van der Waals surface area (Å²) in [5.41, 5.74) is 1.28. The predicted molar refractivity (Wildman–Crippen MR) is 80.8 cm³/mol. The van der Waals surface area contributed by atoms with Gasteiger partial charge in [-0.2, -0.15) is 0 Å². The highest BCUT2D eigenvalue weighted by molar-refractivity contribution is 5.86. The molecule has 2 saturated carbocycles. The maximum Gasteiger partial charge on any atom is 0.140 e. The molecule has 108 valence electrons. The summed E-state index contributed by atoms with van der Waals surface area (Å²) < 4.78 is 0. The van der Waals surface area contributed by atoms with Crippen molar-refractivity contribution >= 4 is 5.78 Å². The van der Waals surface area contributed by atoms with E-state index < -0.39 is 6.10 Å². The van der Waals surface area contributed by atoms with Crippen LogP contribution in [0.5, 0.6) is 0 Å². The van der Waals surface area contributed by atoms with Crippen molar-refractivity contribution in [2.24, 2.45) is 23.7 Å². The summed E-state index contributed by atoms with van der Waals surface area (Å²) in [6, 6.07) is 0. The van der Waals surface area contributed by atoms with E-state index in [4.69, 9.17) is 0 Å². The summed E-state index contributed by atoms with van der Waals surface area (Å²) in [5.74, 6) is 7.16. The van der Waals surface area contributed by atoms with Gasteiger partial charge in [0.1, 0.15) is 5.78 Å².